The second-order valence-corrected chi connectivity index (χ2v) is 11.1. The maximum absolute atomic E-state index is 13.0. The van der Waals surface area contributed by atoms with Crippen molar-refractivity contribution < 1.29 is 9.59 Å². The van der Waals surface area contributed by atoms with Gasteiger partial charge in [0, 0.05) is 24.2 Å². The molecule has 168 valence electrons. The summed E-state index contributed by atoms with van der Waals surface area (Å²) in [5.41, 5.74) is 4.18. The van der Waals surface area contributed by atoms with E-state index < -0.39 is 0 Å². The van der Waals surface area contributed by atoms with Crippen LogP contribution in [0.15, 0.2) is 48.5 Å². The number of carbonyl (C=O) groups excluding carboxylic acids is 2. The van der Waals surface area contributed by atoms with Crippen LogP contribution in [0.25, 0.3) is 0 Å². The average Bonchev–Trinajstić information content (AvgIpc) is 2.65. The van der Waals surface area contributed by atoms with Gasteiger partial charge in [0.15, 0.2) is 0 Å². The predicted molar refractivity (Wildman–Crippen MR) is 128 cm³/mol. The van der Waals surface area contributed by atoms with Crippen LogP contribution >= 0.6 is 0 Å². The summed E-state index contributed by atoms with van der Waals surface area (Å²) in [6, 6.07) is 16.0. The van der Waals surface area contributed by atoms with Gasteiger partial charge in [-0.25, -0.2) is 0 Å². The SMILES string of the molecule is Cc1cccc(NC(=O)CC23CC4CC(C2)CC(CC(=O)Nc2cccc(C)c2)(C4)C3)c1. The second-order valence-electron chi connectivity index (χ2n) is 11.1. The Bertz CT molecular complexity index is 950. The van der Waals surface area contributed by atoms with E-state index in [2.05, 4.69) is 10.6 Å². The number of aryl methyl sites for hydroxylation is 2. The first-order valence-corrected chi connectivity index (χ1v) is 12.0. The highest BCUT2D eigenvalue weighted by molar-refractivity contribution is 5.92. The molecule has 4 aliphatic rings. The van der Waals surface area contributed by atoms with Crippen molar-refractivity contribution in [3.63, 3.8) is 0 Å². The van der Waals surface area contributed by atoms with E-state index in [0.717, 1.165) is 54.6 Å². The van der Waals surface area contributed by atoms with E-state index >= 15 is 0 Å². The minimum absolute atomic E-state index is 0.0571. The number of amides is 2. The summed E-state index contributed by atoms with van der Waals surface area (Å²) >= 11 is 0. The fraction of sp³-hybridized carbons (Fsp3) is 0.500. The molecular weight excluding hydrogens is 396 g/mol. The molecule has 0 saturated heterocycles. The normalized spacial score (nSPS) is 30.2. The lowest BCUT2D eigenvalue weighted by molar-refractivity contribution is -0.142. The Morgan fingerprint density at radius 3 is 1.62 bits per heavy atom. The van der Waals surface area contributed by atoms with Crippen molar-refractivity contribution in [3.8, 4) is 0 Å². The smallest absolute Gasteiger partial charge is 0.224 e. The zero-order chi connectivity index (χ0) is 22.3. The Hall–Kier alpha value is -2.62. The summed E-state index contributed by atoms with van der Waals surface area (Å²) in [4.78, 5) is 26.0. The molecule has 2 amide bonds. The number of nitrogens with one attached hydrogen (secondary N) is 2. The molecule has 0 aromatic heterocycles. The Morgan fingerprint density at radius 2 is 1.22 bits per heavy atom. The molecule has 2 aromatic rings. The molecule has 0 atom stereocenters. The van der Waals surface area contributed by atoms with Crippen LogP contribution in [0, 0.1) is 36.5 Å². The van der Waals surface area contributed by atoms with E-state index in [-0.39, 0.29) is 22.6 Å². The van der Waals surface area contributed by atoms with Crippen molar-refractivity contribution in [3.05, 3.63) is 59.7 Å². The molecule has 0 heterocycles. The van der Waals surface area contributed by atoms with Crippen molar-refractivity contribution in [1.82, 2.24) is 0 Å². The van der Waals surface area contributed by atoms with E-state index in [1.54, 1.807) is 0 Å². The summed E-state index contributed by atoms with van der Waals surface area (Å²) in [6.07, 6.45) is 8.03. The lowest BCUT2D eigenvalue weighted by atomic mass is 9.43. The molecule has 0 radical (unpaired) electrons. The Morgan fingerprint density at radius 1 is 0.781 bits per heavy atom. The topological polar surface area (TPSA) is 58.2 Å². The van der Waals surface area contributed by atoms with E-state index in [0.29, 0.717) is 24.7 Å². The molecule has 32 heavy (non-hydrogen) atoms. The van der Waals surface area contributed by atoms with Gasteiger partial charge in [0.1, 0.15) is 0 Å². The van der Waals surface area contributed by atoms with Crippen LogP contribution in [0.4, 0.5) is 11.4 Å². The number of hydrogen-bond donors (Lipinski definition) is 2. The monoisotopic (exact) mass is 430 g/mol. The fourth-order valence-corrected chi connectivity index (χ4v) is 7.60. The molecule has 4 aliphatic carbocycles. The van der Waals surface area contributed by atoms with Crippen LogP contribution < -0.4 is 10.6 Å². The molecule has 4 saturated carbocycles. The minimum atomic E-state index is 0.0571. The first-order chi connectivity index (χ1) is 15.3. The van der Waals surface area contributed by atoms with Gasteiger partial charge in [0.2, 0.25) is 11.8 Å². The largest absolute Gasteiger partial charge is 0.326 e. The van der Waals surface area contributed by atoms with Crippen molar-refractivity contribution in [2.45, 2.75) is 65.2 Å². The van der Waals surface area contributed by atoms with E-state index in [1.807, 2.05) is 62.4 Å². The number of benzene rings is 2. The molecule has 4 nitrogen and oxygen atoms in total. The zero-order valence-corrected chi connectivity index (χ0v) is 19.2. The van der Waals surface area contributed by atoms with Crippen LogP contribution in [-0.4, -0.2) is 11.8 Å². The van der Waals surface area contributed by atoms with E-state index in [1.165, 1.54) is 6.42 Å². The van der Waals surface area contributed by atoms with Gasteiger partial charge in [-0.05, 0) is 110 Å². The van der Waals surface area contributed by atoms with Gasteiger partial charge in [-0.2, -0.15) is 0 Å². The summed E-state index contributed by atoms with van der Waals surface area (Å²) < 4.78 is 0. The molecule has 2 aromatic carbocycles. The van der Waals surface area contributed by atoms with E-state index in [9.17, 15) is 9.59 Å². The molecule has 0 unspecified atom stereocenters. The number of carbonyl (C=O) groups is 2. The first-order valence-electron chi connectivity index (χ1n) is 12.0. The maximum Gasteiger partial charge on any atom is 0.224 e. The highest BCUT2D eigenvalue weighted by Crippen LogP contribution is 2.67. The van der Waals surface area contributed by atoms with Crippen LogP contribution in [0.1, 0.15) is 62.5 Å². The lowest BCUT2D eigenvalue weighted by Gasteiger charge is -2.62. The van der Waals surface area contributed by atoms with Gasteiger partial charge in [-0.1, -0.05) is 24.3 Å². The molecule has 0 spiro atoms. The zero-order valence-electron chi connectivity index (χ0n) is 19.2. The van der Waals surface area contributed by atoms with Gasteiger partial charge in [-0.3, -0.25) is 9.59 Å². The highest BCUT2D eigenvalue weighted by Gasteiger charge is 2.58. The van der Waals surface area contributed by atoms with Gasteiger partial charge in [0.05, 0.1) is 0 Å². The fourth-order valence-electron chi connectivity index (χ4n) is 7.60. The molecule has 4 bridgehead atoms. The van der Waals surface area contributed by atoms with Crippen molar-refractivity contribution >= 4 is 23.2 Å². The molecule has 6 rings (SSSR count). The number of rotatable bonds is 6. The quantitative estimate of drug-likeness (QED) is 0.569. The molecule has 2 N–H and O–H groups in total. The van der Waals surface area contributed by atoms with Crippen LogP contribution in [0.3, 0.4) is 0 Å². The molecular formula is C28H34N2O2. The van der Waals surface area contributed by atoms with Gasteiger partial charge < -0.3 is 10.6 Å². The summed E-state index contributed by atoms with van der Waals surface area (Å²) in [7, 11) is 0. The third-order valence-corrected chi connectivity index (χ3v) is 7.98. The molecule has 0 aliphatic heterocycles. The van der Waals surface area contributed by atoms with Crippen LogP contribution in [-0.2, 0) is 9.59 Å². The second kappa shape index (κ2) is 8.06. The third kappa shape index (κ3) is 4.46. The first kappa shape index (κ1) is 21.2. The Balaban J connectivity index is 1.28. The lowest BCUT2D eigenvalue weighted by Crippen LogP contribution is -2.53. The van der Waals surface area contributed by atoms with Crippen molar-refractivity contribution in [1.29, 1.82) is 0 Å². The number of hydrogen-bond acceptors (Lipinski definition) is 2. The Labute approximate surface area is 191 Å². The van der Waals surface area contributed by atoms with Crippen molar-refractivity contribution in [2.75, 3.05) is 10.6 Å². The van der Waals surface area contributed by atoms with Crippen LogP contribution in [0.2, 0.25) is 0 Å². The summed E-state index contributed by atoms with van der Waals surface area (Å²) in [5.74, 6) is 1.57. The Kier molecular flexibility index (Phi) is 5.35. The maximum atomic E-state index is 13.0. The minimum Gasteiger partial charge on any atom is -0.326 e. The highest BCUT2D eigenvalue weighted by atomic mass is 16.2. The van der Waals surface area contributed by atoms with Crippen LogP contribution in [0.5, 0.6) is 0 Å². The standard InChI is InChI=1S/C28H34N2O2/c1-19-5-3-7-23(9-19)29-25(31)16-27-12-21-11-22(13-27)15-28(14-21,18-27)17-26(32)30-24-8-4-6-20(2)10-24/h3-10,21-22H,11-18H2,1-2H3,(H,29,31)(H,30,32). The summed E-state index contributed by atoms with van der Waals surface area (Å²) in [5, 5.41) is 6.26. The van der Waals surface area contributed by atoms with E-state index in [4.69, 9.17) is 0 Å². The third-order valence-electron chi connectivity index (χ3n) is 7.98. The summed E-state index contributed by atoms with van der Waals surface area (Å²) in [6.45, 7) is 4.08. The average molecular weight is 431 g/mol. The molecule has 4 heteroatoms. The number of anilines is 2. The van der Waals surface area contributed by atoms with Gasteiger partial charge in [0.25, 0.3) is 0 Å². The molecule has 4 fully saturated rings. The predicted octanol–water partition coefficient (Wildman–Crippen LogP) is 6.25. The van der Waals surface area contributed by atoms with Gasteiger partial charge in [-0.15, -0.1) is 0 Å². The van der Waals surface area contributed by atoms with Gasteiger partial charge >= 0.3 is 0 Å². The van der Waals surface area contributed by atoms with Crippen molar-refractivity contribution in [2.24, 2.45) is 22.7 Å².